The first-order valence-corrected chi connectivity index (χ1v) is 15.5. The quantitative estimate of drug-likeness (QED) is 0.199. The van der Waals surface area contributed by atoms with Gasteiger partial charge >= 0.3 is 0 Å². The van der Waals surface area contributed by atoms with Gasteiger partial charge in [-0.25, -0.2) is 15.0 Å². The molecule has 46 heavy (non-hydrogen) atoms. The van der Waals surface area contributed by atoms with E-state index in [2.05, 4.69) is 78.9 Å². The van der Waals surface area contributed by atoms with Crippen molar-refractivity contribution in [1.29, 1.82) is 0 Å². The third-order valence-electron chi connectivity index (χ3n) is 8.55. The van der Waals surface area contributed by atoms with Gasteiger partial charge in [0.2, 0.25) is 0 Å². The molecule has 0 amide bonds. The van der Waals surface area contributed by atoms with Crippen LogP contribution < -0.4 is 0 Å². The smallest absolute Gasteiger partial charge is 0.164 e. The third kappa shape index (κ3) is 4.50. The Balaban J connectivity index is 1.26. The van der Waals surface area contributed by atoms with Gasteiger partial charge < -0.3 is 4.42 Å². The normalized spacial score (nSPS) is 11.6. The van der Waals surface area contributed by atoms with Crippen molar-refractivity contribution < 1.29 is 4.42 Å². The monoisotopic (exact) mass is 609 g/mol. The fourth-order valence-corrected chi connectivity index (χ4v) is 6.46. The minimum absolute atomic E-state index is 0.595. The van der Waals surface area contributed by atoms with Crippen LogP contribution in [0, 0.1) is 0 Å². The summed E-state index contributed by atoms with van der Waals surface area (Å²) in [5, 5.41) is 6.85. The summed E-state index contributed by atoms with van der Waals surface area (Å²) in [6.45, 7) is 0. The average Bonchev–Trinajstić information content (AvgIpc) is 3.49. The molecule has 0 aliphatic rings. The van der Waals surface area contributed by atoms with Crippen LogP contribution in [0.4, 0.5) is 0 Å². The minimum Gasteiger partial charge on any atom is -0.455 e. The number of hydrogen-bond acceptors (Lipinski definition) is 4. The summed E-state index contributed by atoms with van der Waals surface area (Å²) in [5.74, 6) is 1.82. The molecule has 9 aromatic rings. The van der Waals surface area contributed by atoms with Crippen LogP contribution in [0.1, 0.15) is 0 Å². The molecule has 5 heteroatoms. The van der Waals surface area contributed by atoms with Gasteiger partial charge in [0.05, 0.1) is 0 Å². The number of rotatable bonds is 4. The largest absolute Gasteiger partial charge is 0.455 e. The fourth-order valence-electron chi connectivity index (χ4n) is 6.29. The van der Waals surface area contributed by atoms with Crippen LogP contribution in [-0.2, 0) is 0 Å². The number of aromatic nitrogens is 3. The lowest BCUT2D eigenvalue weighted by Gasteiger charge is -2.11. The van der Waals surface area contributed by atoms with E-state index in [1.165, 1.54) is 11.1 Å². The van der Waals surface area contributed by atoms with E-state index in [-0.39, 0.29) is 0 Å². The molecule has 0 atom stereocenters. The van der Waals surface area contributed by atoms with Crippen molar-refractivity contribution in [3.8, 4) is 45.3 Å². The second-order valence-electron chi connectivity index (χ2n) is 11.4. The Kier molecular flexibility index (Phi) is 6.15. The molecule has 9 rings (SSSR count). The molecule has 0 saturated heterocycles. The van der Waals surface area contributed by atoms with Crippen molar-refractivity contribution in [1.82, 2.24) is 15.0 Å². The van der Waals surface area contributed by atoms with Gasteiger partial charge in [-0.2, -0.15) is 0 Å². The Bertz CT molecular complexity index is 2590. The van der Waals surface area contributed by atoms with E-state index >= 15 is 0 Å². The Hall–Kier alpha value is -5.84. The predicted molar refractivity (Wildman–Crippen MR) is 189 cm³/mol. The molecule has 4 nitrogen and oxygen atoms in total. The summed E-state index contributed by atoms with van der Waals surface area (Å²) in [6, 6.07) is 49.5. The highest BCUT2D eigenvalue weighted by molar-refractivity contribution is 6.32. The molecule has 0 bridgehead atoms. The van der Waals surface area contributed by atoms with E-state index in [0.29, 0.717) is 22.5 Å². The van der Waals surface area contributed by atoms with Gasteiger partial charge in [0.25, 0.3) is 0 Å². The molecule has 2 heterocycles. The highest BCUT2D eigenvalue weighted by Gasteiger charge is 2.19. The van der Waals surface area contributed by atoms with Crippen LogP contribution in [0.5, 0.6) is 0 Å². The van der Waals surface area contributed by atoms with Crippen molar-refractivity contribution in [3.63, 3.8) is 0 Å². The zero-order chi connectivity index (χ0) is 30.6. The predicted octanol–water partition coefficient (Wildman–Crippen LogP) is 11.4. The lowest BCUT2D eigenvalue weighted by atomic mass is 9.99. The lowest BCUT2D eigenvalue weighted by molar-refractivity contribution is 0.672. The van der Waals surface area contributed by atoms with Gasteiger partial charge in [0, 0.05) is 37.9 Å². The Morgan fingerprint density at radius 1 is 0.413 bits per heavy atom. The number of halogens is 1. The Morgan fingerprint density at radius 2 is 1.02 bits per heavy atom. The Morgan fingerprint density at radius 3 is 1.78 bits per heavy atom. The highest BCUT2D eigenvalue weighted by atomic mass is 35.5. The van der Waals surface area contributed by atoms with Gasteiger partial charge in [-0.3, -0.25) is 0 Å². The summed E-state index contributed by atoms with van der Waals surface area (Å²) in [6.07, 6.45) is 0. The zero-order valence-corrected chi connectivity index (χ0v) is 25.2. The summed E-state index contributed by atoms with van der Waals surface area (Å²) in [5.41, 5.74) is 6.73. The standard InChI is InChI=1S/C41H24ClN3O/c42-31-19-20-37-34(23-31)35-24-36(32-13-7-8-14-33(32)38(35)46-37)41-44-39(26-11-5-2-6-12-26)43-40(45-41)30-18-17-28-21-27(15-16-29(28)22-30)25-9-3-1-4-10-25/h1-24H. The van der Waals surface area contributed by atoms with E-state index in [0.717, 1.165) is 60.2 Å². The second kappa shape index (κ2) is 10.7. The van der Waals surface area contributed by atoms with E-state index < -0.39 is 0 Å². The lowest BCUT2D eigenvalue weighted by Crippen LogP contribution is -2.00. The van der Waals surface area contributed by atoms with Crippen molar-refractivity contribution in [2.45, 2.75) is 0 Å². The van der Waals surface area contributed by atoms with Gasteiger partial charge in [-0.1, -0.05) is 121 Å². The number of fused-ring (bicyclic) bond motifs is 6. The fraction of sp³-hybridized carbons (Fsp3) is 0. The SMILES string of the molecule is Clc1ccc2oc3c4ccccc4c(-c4nc(-c5ccccc5)nc(-c5ccc6cc(-c7ccccc7)ccc6c5)n4)cc3c2c1. The van der Waals surface area contributed by atoms with E-state index in [4.69, 9.17) is 31.0 Å². The molecule has 2 aromatic heterocycles. The van der Waals surface area contributed by atoms with Crippen LogP contribution in [0.3, 0.4) is 0 Å². The van der Waals surface area contributed by atoms with Crippen LogP contribution in [0.2, 0.25) is 5.02 Å². The Labute approximate surface area is 269 Å². The molecule has 0 aliphatic carbocycles. The van der Waals surface area contributed by atoms with Gasteiger partial charge in [0.15, 0.2) is 17.5 Å². The number of hydrogen-bond donors (Lipinski definition) is 0. The van der Waals surface area contributed by atoms with Crippen molar-refractivity contribution in [3.05, 3.63) is 151 Å². The van der Waals surface area contributed by atoms with Crippen molar-refractivity contribution >= 4 is 55.1 Å². The van der Waals surface area contributed by atoms with Crippen molar-refractivity contribution in [2.75, 3.05) is 0 Å². The molecular formula is C41H24ClN3O. The molecule has 0 aliphatic heterocycles. The molecule has 7 aromatic carbocycles. The summed E-state index contributed by atoms with van der Waals surface area (Å²) in [7, 11) is 0. The zero-order valence-electron chi connectivity index (χ0n) is 24.5. The van der Waals surface area contributed by atoms with Gasteiger partial charge in [0.1, 0.15) is 11.2 Å². The van der Waals surface area contributed by atoms with Crippen LogP contribution in [0.15, 0.2) is 150 Å². The molecule has 0 radical (unpaired) electrons. The van der Waals surface area contributed by atoms with Crippen molar-refractivity contribution in [2.24, 2.45) is 0 Å². The summed E-state index contributed by atoms with van der Waals surface area (Å²) in [4.78, 5) is 15.2. The second-order valence-corrected chi connectivity index (χ2v) is 11.8. The maximum absolute atomic E-state index is 6.43. The summed E-state index contributed by atoms with van der Waals surface area (Å²) >= 11 is 6.43. The van der Waals surface area contributed by atoms with E-state index in [1.807, 2.05) is 66.7 Å². The maximum Gasteiger partial charge on any atom is 0.164 e. The molecule has 0 N–H and O–H groups in total. The first-order valence-electron chi connectivity index (χ1n) is 15.1. The van der Waals surface area contributed by atoms with Crippen LogP contribution in [0.25, 0.3) is 88.8 Å². The number of furan rings is 1. The van der Waals surface area contributed by atoms with Gasteiger partial charge in [-0.15, -0.1) is 0 Å². The molecule has 0 unspecified atom stereocenters. The molecular weight excluding hydrogens is 586 g/mol. The van der Waals surface area contributed by atoms with E-state index in [9.17, 15) is 0 Å². The number of benzene rings is 7. The molecule has 0 spiro atoms. The van der Waals surface area contributed by atoms with E-state index in [1.54, 1.807) is 0 Å². The summed E-state index contributed by atoms with van der Waals surface area (Å²) < 4.78 is 6.36. The van der Waals surface area contributed by atoms with Gasteiger partial charge in [-0.05, 0) is 63.7 Å². The molecule has 216 valence electrons. The molecule has 0 saturated carbocycles. The third-order valence-corrected chi connectivity index (χ3v) is 8.79. The molecule has 0 fully saturated rings. The number of nitrogens with zero attached hydrogens (tertiary/aromatic N) is 3. The average molecular weight is 610 g/mol. The first kappa shape index (κ1) is 26.6. The van der Waals surface area contributed by atoms with Crippen LogP contribution in [-0.4, -0.2) is 15.0 Å². The topological polar surface area (TPSA) is 51.8 Å². The van der Waals surface area contributed by atoms with Crippen LogP contribution >= 0.6 is 11.6 Å². The maximum atomic E-state index is 6.43. The minimum atomic E-state index is 0.595. The first-order chi connectivity index (χ1) is 22.7. The highest BCUT2D eigenvalue weighted by Crippen LogP contribution is 2.40.